The van der Waals surface area contributed by atoms with Crippen molar-refractivity contribution in [1.82, 2.24) is 15.6 Å². The van der Waals surface area contributed by atoms with Crippen LogP contribution in [0.5, 0.6) is 0 Å². The van der Waals surface area contributed by atoms with Crippen LogP contribution >= 0.6 is 0 Å². The van der Waals surface area contributed by atoms with Crippen LogP contribution in [0.25, 0.3) is 0 Å². The summed E-state index contributed by atoms with van der Waals surface area (Å²) in [4.78, 5) is 38.0. The average Bonchev–Trinajstić information content (AvgIpc) is 2.68. The van der Waals surface area contributed by atoms with Crippen molar-refractivity contribution in [1.29, 1.82) is 0 Å². The Morgan fingerprint density at radius 3 is 1.40 bits per heavy atom. The number of hydrogen-bond donors (Lipinski definition) is 1. The predicted molar refractivity (Wildman–Crippen MR) is 112 cm³/mol. The molecule has 0 bridgehead atoms. The molecule has 1 heterocycles. The van der Waals surface area contributed by atoms with Gasteiger partial charge in [0.05, 0.1) is 25.2 Å². The minimum absolute atomic E-state index is 0.236. The molecule has 0 amide bonds. The molecule has 0 aromatic heterocycles. The minimum atomic E-state index is -1.04. The van der Waals surface area contributed by atoms with Gasteiger partial charge in [-0.15, -0.1) is 0 Å². The fraction of sp³-hybridized carbons (Fsp3) is 0.857. The summed E-state index contributed by atoms with van der Waals surface area (Å²) >= 11 is 0. The molecule has 1 saturated heterocycles. The van der Waals surface area contributed by atoms with E-state index in [0.29, 0.717) is 13.1 Å². The van der Waals surface area contributed by atoms with E-state index in [0.717, 1.165) is 0 Å². The lowest BCUT2D eigenvalue weighted by Crippen LogP contribution is -2.73. The smallest absolute Gasteiger partial charge is 0.327 e. The summed E-state index contributed by atoms with van der Waals surface area (Å²) in [5.41, 5.74) is 0.277. The first kappa shape index (κ1) is 26.3. The Bertz CT molecular complexity index is 541. The lowest BCUT2D eigenvalue weighted by atomic mass is 9.77. The molecule has 9 nitrogen and oxygen atoms in total. The lowest BCUT2D eigenvalue weighted by molar-refractivity contribution is -0.195. The van der Waals surface area contributed by atoms with E-state index in [1.165, 1.54) is 0 Å². The third kappa shape index (κ3) is 5.50. The van der Waals surface area contributed by atoms with Crippen molar-refractivity contribution in [2.45, 2.75) is 73.4 Å². The maximum absolute atomic E-state index is 12.7. The van der Waals surface area contributed by atoms with Crippen molar-refractivity contribution in [3.63, 3.8) is 0 Å². The molecule has 9 heteroatoms. The van der Waals surface area contributed by atoms with Gasteiger partial charge in [-0.2, -0.15) is 5.53 Å². The van der Waals surface area contributed by atoms with Gasteiger partial charge in [-0.25, -0.2) is 10.0 Å². The molecule has 0 unspecified atom stereocenters. The highest BCUT2D eigenvalue weighted by molar-refractivity contribution is 5.81. The fourth-order valence-corrected chi connectivity index (χ4v) is 3.21. The summed E-state index contributed by atoms with van der Waals surface area (Å²) < 4.78 is 15.8. The predicted octanol–water partition coefficient (Wildman–Crippen LogP) is 1.91. The van der Waals surface area contributed by atoms with Crippen LogP contribution in [0.3, 0.4) is 0 Å². The third-order valence-corrected chi connectivity index (χ3v) is 5.77. The molecular weight excluding hydrogens is 390 g/mol. The quantitative estimate of drug-likeness (QED) is 0.435. The molecule has 174 valence electrons. The summed E-state index contributed by atoms with van der Waals surface area (Å²) in [6.45, 7) is 17.4. The second-order valence-electron chi connectivity index (χ2n) is 9.02. The van der Waals surface area contributed by atoms with Crippen LogP contribution in [0.4, 0.5) is 0 Å². The number of hydrazine groups is 2. The fourth-order valence-electron chi connectivity index (χ4n) is 3.21. The average molecular weight is 430 g/mol. The molecule has 1 rings (SSSR count). The van der Waals surface area contributed by atoms with Gasteiger partial charge in [-0.1, -0.05) is 0 Å². The van der Waals surface area contributed by atoms with Crippen LogP contribution < -0.4 is 5.53 Å². The molecule has 30 heavy (non-hydrogen) atoms. The molecule has 0 aromatic rings. The molecule has 0 radical (unpaired) electrons. The number of rotatable bonds is 9. The van der Waals surface area contributed by atoms with Crippen LogP contribution in [-0.2, 0) is 28.6 Å². The van der Waals surface area contributed by atoms with E-state index in [-0.39, 0.29) is 31.7 Å². The van der Waals surface area contributed by atoms with E-state index in [4.69, 9.17) is 14.2 Å². The van der Waals surface area contributed by atoms with Crippen molar-refractivity contribution in [3.05, 3.63) is 0 Å². The van der Waals surface area contributed by atoms with Gasteiger partial charge < -0.3 is 14.2 Å². The van der Waals surface area contributed by atoms with Gasteiger partial charge >= 0.3 is 17.9 Å². The van der Waals surface area contributed by atoms with E-state index in [2.05, 4.69) is 5.53 Å². The first-order valence-electron chi connectivity index (χ1n) is 10.6. The van der Waals surface area contributed by atoms with Gasteiger partial charge in [0.1, 0.15) is 11.1 Å². The number of hydrogen-bond acceptors (Lipinski definition) is 9. The SMILES string of the molecule is CCOC(=O)C(C)(C)C1CN(C(C)(C)C(=O)OCC)NN(C(C)(C)C(=O)OCC)C1. The molecule has 0 saturated carbocycles. The standard InChI is InChI=1S/C21H39N3O6/c1-10-28-16(25)19(4,5)15-13-23(20(6,7)17(26)29-11-2)22-24(14-15)21(8,9)18(27)30-12-3/h15,22H,10-14H2,1-9H3. The van der Waals surface area contributed by atoms with E-state index < -0.39 is 28.4 Å². The van der Waals surface area contributed by atoms with Crippen molar-refractivity contribution >= 4 is 17.9 Å². The van der Waals surface area contributed by atoms with Gasteiger partial charge in [-0.05, 0) is 62.3 Å². The van der Waals surface area contributed by atoms with Gasteiger partial charge in [0.15, 0.2) is 0 Å². The topological polar surface area (TPSA) is 97.4 Å². The van der Waals surface area contributed by atoms with Crippen LogP contribution in [0.2, 0.25) is 0 Å². The van der Waals surface area contributed by atoms with Crippen molar-refractivity contribution in [2.75, 3.05) is 32.9 Å². The zero-order valence-corrected chi connectivity index (χ0v) is 20.0. The number of nitrogens with zero attached hydrogens (tertiary/aromatic N) is 2. The summed E-state index contributed by atoms with van der Waals surface area (Å²) in [5.74, 6) is -1.36. The maximum atomic E-state index is 12.7. The Morgan fingerprint density at radius 1 is 0.733 bits per heavy atom. The molecule has 0 spiro atoms. The Morgan fingerprint density at radius 2 is 1.07 bits per heavy atom. The van der Waals surface area contributed by atoms with E-state index >= 15 is 0 Å². The number of ether oxygens (including phenoxy) is 3. The van der Waals surface area contributed by atoms with Gasteiger partial charge in [0.2, 0.25) is 0 Å². The molecule has 1 N–H and O–H groups in total. The van der Waals surface area contributed by atoms with Gasteiger partial charge in [0.25, 0.3) is 0 Å². The normalized spacial score (nSPS) is 17.5. The largest absolute Gasteiger partial charge is 0.466 e. The first-order valence-corrected chi connectivity index (χ1v) is 10.6. The van der Waals surface area contributed by atoms with Gasteiger partial charge in [-0.3, -0.25) is 14.4 Å². The summed E-state index contributed by atoms with van der Waals surface area (Å²) in [6.07, 6.45) is 0. The molecule has 0 atom stereocenters. The summed E-state index contributed by atoms with van der Waals surface area (Å²) in [7, 11) is 0. The van der Waals surface area contributed by atoms with Crippen LogP contribution in [0, 0.1) is 11.3 Å². The summed E-state index contributed by atoms with van der Waals surface area (Å²) in [6, 6.07) is 0. The molecule has 1 fully saturated rings. The number of nitrogens with one attached hydrogen (secondary N) is 1. The second kappa shape index (κ2) is 10.1. The molecule has 0 aromatic carbocycles. The van der Waals surface area contributed by atoms with Crippen molar-refractivity contribution < 1.29 is 28.6 Å². The highest BCUT2D eigenvalue weighted by atomic mass is 16.5. The van der Waals surface area contributed by atoms with Crippen LogP contribution in [0.15, 0.2) is 0 Å². The highest BCUT2D eigenvalue weighted by Gasteiger charge is 2.51. The molecular formula is C21H39N3O6. The Hall–Kier alpha value is -1.71. The minimum Gasteiger partial charge on any atom is -0.466 e. The molecule has 1 aliphatic heterocycles. The first-order chi connectivity index (χ1) is 13.8. The van der Waals surface area contributed by atoms with Crippen LogP contribution in [0.1, 0.15) is 62.3 Å². The molecule has 1 aliphatic rings. The molecule has 0 aliphatic carbocycles. The maximum Gasteiger partial charge on any atom is 0.327 e. The van der Waals surface area contributed by atoms with E-state index in [9.17, 15) is 14.4 Å². The lowest BCUT2D eigenvalue weighted by Gasteiger charge is -2.52. The van der Waals surface area contributed by atoms with Gasteiger partial charge in [0, 0.05) is 19.0 Å². The zero-order valence-electron chi connectivity index (χ0n) is 20.0. The van der Waals surface area contributed by atoms with E-state index in [1.807, 2.05) is 13.8 Å². The van der Waals surface area contributed by atoms with E-state index in [1.54, 1.807) is 58.5 Å². The number of carbonyl (C=O) groups is 3. The number of carbonyl (C=O) groups excluding carboxylic acids is 3. The van der Waals surface area contributed by atoms with Crippen LogP contribution in [-0.4, -0.2) is 71.9 Å². The highest BCUT2D eigenvalue weighted by Crippen LogP contribution is 2.35. The summed E-state index contributed by atoms with van der Waals surface area (Å²) in [5, 5.41) is 3.45. The number of esters is 3. The zero-order chi connectivity index (χ0) is 23.3. The second-order valence-corrected chi connectivity index (χ2v) is 9.02. The van der Waals surface area contributed by atoms with Crippen molar-refractivity contribution in [2.24, 2.45) is 11.3 Å². The third-order valence-electron chi connectivity index (χ3n) is 5.77. The Kier molecular flexibility index (Phi) is 8.83. The Balaban J connectivity index is 3.33. The monoisotopic (exact) mass is 429 g/mol. The Labute approximate surface area is 180 Å². The van der Waals surface area contributed by atoms with Crippen molar-refractivity contribution in [3.8, 4) is 0 Å².